The van der Waals surface area contributed by atoms with E-state index >= 15 is 0 Å². The second-order valence-corrected chi connectivity index (χ2v) is 4.45. The van der Waals surface area contributed by atoms with Gasteiger partial charge in [-0.3, -0.25) is 4.79 Å². The Morgan fingerprint density at radius 1 is 1.37 bits per heavy atom. The number of H-pyrrole nitrogens is 1. The number of rotatable bonds is 5. The van der Waals surface area contributed by atoms with Crippen molar-refractivity contribution in [1.82, 2.24) is 4.98 Å². The molecule has 0 amide bonds. The fraction of sp³-hybridized carbons (Fsp3) is 0.357. The van der Waals surface area contributed by atoms with Gasteiger partial charge in [-0.15, -0.1) is 0 Å². The highest BCUT2D eigenvalue weighted by Gasteiger charge is 2.18. The SMILES string of the molecule is COc1cc(OC)c2[nH]ccc2c1CC(N)C(C)=O. The van der Waals surface area contributed by atoms with Gasteiger partial charge in [-0.05, 0) is 19.4 Å². The average Bonchev–Trinajstić information content (AvgIpc) is 2.88. The van der Waals surface area contributed by atoms with Gasteiger partial charge >= 0.3 is 0 Å². The number of carbonyl (C=O) groups is 1. The molecule has 0 saturated heterocycles. The normalized spacial score (nSPS) is 12.4. The van der Waals surface area contributed by atoms with Crippen molar-refractivity contribution >= 4 is 16.7 Å². The molecule has 0 bridgehead atoms. The van der Waals surface area contributed by atoms with Crippen LogP contribution in [-0.2, 0) is 11.2 Å². The molecule has 2 rings (SSSR count). The van der Waals surface area contributed by atoms with Crippen LogP contribution in [0.15, 0.2) is 18.3 Å². The number of hydrogen-bond acceptors (Lipinski definition) is 4. The Hall–Kier alpha value is -2.01. The minimum Gasteiger partial charge on any atom is -0.496 e. The third-order valence-electron chi connectivity index (χ3n) is 3.26. The summed E-state index contributed by atoms with van der Waals surface area (Å²) in [6.07, 6.45) is 2.27. The second-order valence-electron chi connectivity index (χ2n) is 4.45. The molecule has 1 aromatic carbocycles. The maximum Gasteiger partial charge on any atom is 0.146 e. The second kappa shape index (κ2) is 5.32. The molecule has 5 nitrogen and oxygen atoms in total. The number of methoxy groups -OCH3 is 2. The van der Waals surface area contributed by atoms with Gasteiger partial charge < -0.3 is 20.2 Å². The minimum atomic E-state index is -0.527. The van der Waals surface area contributed by atoms with Crippen LogP contribution in [0.4, 0.5) is 0 Å². The zero-order chi connectivity index (χ0) is 14.0. The summed E-state index contributed by atoms with van der Waals surface area (Å²) in [6, 6.07) is 3.21. The lowest BCUT2D eigenvalue weighted by Crippen LogP contribution is -2.30. The Balaban J connectivity index is 2.57. The molecule has 0 aliphatic carbocycles. The largest absolute Gasteiger partial charge is 0.496 e. The number of Topliss-reactive ketones (excluding diaryl/α,β-unsaturated/α-hetero) is 1. The highest BCUT2D eigenvalue weighted by Crippen LogP contribution is 2.35. The molecule has 0 fully saturated rings. The number of ether oxygens (including phenoxy) is 2. The number of carbonyl (C=O) groups excluding carboxylic acids is 1. The molecule has 0 radical (unpaired) electrons. The van der Waals surface area contributed by atoms with Crippen LogP contribution in [0.2, 0.25) is 0 Å². The van der Waals surface area contributed by atoms with Crippen molar-refractivity contribution in [3.63, 3.8) is 0 Å². The van der Waals surface area contributed by atoms with Crippen LogP contribution in [-0.4, -0.2) is 31.0 Å². The van der Waals surface area contributed by atoms with Gasteiger partial charge in [-0.2, -0.15) is 0 Å². The molecular formula is C14H18N2O3. The Labute approximate surface area is 111 Å². The number of ketones is 1. The number of nitrogens with one attached hydrogen (secondary N) is 1. The van der Waals surface area contributed by atoms with Crippen LogP contribution >= 0.6 is 0 Å². The van der Waals surface area contributed by atoms with Crippen LogP contribution in [0, 0.1) is 0 Å². The molecule has 19 heavy (non-hydrogen) atoms. The van der Waals surface area contributed by atoms with E-state index in [4.69, 9.17) is 15.2 Å². The predicted molar refractivity (Wildman–Crippen MR) is 73.8 cm³/mol. The van der Waals surface area contributed by atoms with Gasteiger partial charge in [0.1, 0.15) is 17.3 Å². The number of aromatic amines is 1. The molecular weight excluding hydrogens is 244 g/mol. The zero-order valence-corrected chi connectivity index (χ0v) is 11.3. The van der Waals surface area contributed by atoms with E-state index in [2.05, 4.69) is 4.98 Å². The Morgan fingerprint density at radius 3 is 2.63 bits per heavy atom. The molecule has 0 aliphatic heterocycles. The number of hydrogen-bond donors (Lipinski definition) is 2. The predicted octanol–water partition coefficient (Wildman–Crippen LogP) is 1.64. The standard InChI is InChI=1S/C14H18N2O3/c1-8(17)11(15)6-10-9-4-5-16-14(9)13(19-3)7-12(10)18-2/h4-5,7,11,16H,6,15H2,1-3H3. The van der Waals surface area contributed by atoms with Gasteiger partial charge in [0.25, 0.3) is 0 Å². The van der Waals surface area contributed by atoms with Crippen molar-refractivity contribution in [2.24, 2.45) is 5.73 Å². The zero-order valence-electron chi connectivity index (χ0n) is 11.3. The number of aromatic nitrogens is 1. The monoisotopic (exact) mass is 262 g/mol. The van der Waals surface area contributed by atoms with Crippen LogP contribution in [0.5, 0.6) is 11.5 Å². The molecule has 102 valence electrons. The van der Waals surface area contributed by atoms with Gasteiger partial charge in [0, 0.05) is 23.2 Å². The molecule has 1 heterocycles. The molecule has 1 atom stereocenters. The first-order valence-electron chi connectivity index (χ1n) is 6.05. The van der Waals surface area contributed by atoms with Gasteiger partial charge in [0.05, 0.1) is 25.8 Å². The molecule has 0 aliphatic rings. The number of benzene rings is 1. The maximum absolute atomic E-state index is 11.3. The molecule has 1 aromatic heterocycles. The van der Waals surface area contributed by atoms with Crippen molar-refractivity contribution in [2.45, 2.75) is 19.4 Å². The minimum absolute atomic E-state index is 0.0402. The van der Waals surface area contributed by atoms with E-state index in [-0.39, 0.29) is 5.78 Å². The van der Waals surface area contributed by atoms with Crippen molar-refractivity contribution in [3.05, 3.63) is 23.9 Å². The molecule has 2 aromatic rings. The molecule has 0 saturated carbocycles. The summed E-state index contributed by atoms with van der Waals surface area (Å²) >= 11 is 0. The van der Waals surface area contributed by atoms with Crippen LogP contribution in [0.3, 0.4) is 0 Å². The van der Waals surface area contributed by atoms with E-state index in [9.17, 15) is 4.79 Å². The Morgan fingerprint density at radius 2 is 2.05 bits per heavy atom. The van der Waals surface area contributed by atoms with E-state index in [1.165, 1.54) is 6.92 Å². The fourth-order valence-corrected chi connectivity index (χ4v) is 2.15. The van der Waals surface area contributed by atoms with Gasteiger partial charge in [-0.25, -0.2) is 0 Å². The number of fused-ring (bicyclic) bond motifs is 1. The number of nitrogens with two attached hydrogens (primary N) is 1. The summed E-state index contributed by atoms with van der Waals surface area (Å²) in [5, 5.41) is 0.966. The highest BCUT2D eigenvalue weighted by atomic mass is 16.5. The van der Waals surface area contributed by atoms with Crippen molar-refractivity contribution < 1.29 is 14.3 Å². The molecule has 1 unspecified atom stereocenters. The van der Waals surface area contributed by atoms with Crippen LogP contribution in [0.25, 0.3) is 10.9 Å². The van der Waals surface area contributed by atoms with E-state index < -0.39 is 6.04 Å². The topological polar surface area (TPSA) is 77.3 Å². The lowest BCUT2D eigenvalue weighted by atomic mass is 9.99. The van der Waals surface area contributed by atoms with Crippen LogP contribution < -0.4 is 15.2 Å². The van der Waals surface area contributed by atoms with Crippen molar-refractivity contribution in [2.75, 3.05) is 14.2 Å². The van der Waals surface area contributed by atoms with E-state index in [0.717, 1.165) is 16.5 Å². The summed E-state index contributed by atoms with van der Waals surface area (Å²) in [6.45, 7) is 1.50. The van der Waals surface area contributed by atoms with Gasteiger partial charge in [0.2, 0.25) is 0 Å². The summed E-state index contributed by atoms with van der Waals surface area (Å²) < 4.78 is 10.7. The molecule has 5 heteroatoms. The first-order chi connectivity index (χ1) is 9.08. The third-order valence-corrected chi connectivity index (χ3v) is 3.26. The van der Waals surface area contributed by atoms with E-state index in [1.807, 2.05) is 12.3 Å². The summed E-state index contributed by atoms with van der Waals surface area (Å²) in [4.78, 5) is 14.5. The van der Waals surface area contributed by atoms with E-state index in [0.29, 0.717) is 17.9 Å². The van der Waals surface area contributed by atoms with Crippen molar-refractivity contribution in [1.29, 1.82) is 0 Å². The smallest absolute Gasteiger partial charge is 0.146 e. The van der Waals surface area contributed by atoms with Crippen LogP contribution in [0.1, 0.15) is 12.5 Å². The third kappa shape index (κ3) is 2.42. The molecule has 3 N–H and O–H groups in total. The van der Waals surface area contributed by atoms with Crippen molar-refractivity contribution in [3.8, 4) is 11.5 Å². The summed E-state index contributed by atoms with van der Waals surface area (Å²) in [5.74, 6) is 1.35. The average molecular weight is 262 g/mol. The van der Waals surface area contributed by atoms with E-state index in [1.54, 1.807) is 20.3 Å². The Kier molecular flexibility index (Phi) is 3.76. The lowest BCUT2D eigenvalue weighted by Gasteiger charge is -2.15. The summed E-state index contributed by atoms with van der Waals surface area (Å²) in [7, 11) is 3.20. The first kappa shape index (κ1) is 13.4. The summed E-state index contributed by atoms with van der Waals surface area (Å²) in [5.41, 5.74) is 7.66. The Bertz CT molecular complexity index is 604. The van der Waals surface area contributed by atoms with Gasteiger partial charge in [-0.1, -0.05) is 0 Å². The van der Waals surface area contributed by atoms with Gasteiger partial charge in [0.15, 0.2) is 0 Å². The quantitative estimate of drug-likeness (QED) is 0.858. The first-order valence-corrected chi connectivity index (χ1v) is 6.05. The lowest BCUT2D eigenvalue weighted by molar-refractivity contribution is -0.118. The highest BCUT2D eigenvalue weighted by molar-refractivity contribution is 5.91. The fourth-order valence-electron chi connectivity index (χ4n) is 2.15. The molecule has 0 spiro atoms. The maximum atomic E-state index is 11.3.